The van der Waals surface area contributed by atoms with E-state index in [1.54, 1.807) is 36.4 Å². The average molecular weight is 360 g/mol. The molecule has 0 aliphatic carbocycles. The van der Waals surface area contributed by atoms with Gasteiger partial charge in [0.2, 0.25) is 0 Å². The van der Waals surface area contributed by atoms with Crippen molar-refractivity contribution in [2.75, 3.05) is 0 Å². The highest BCUT2D eigenvalue weighted by molar-refractivity contribution is 6.33. The average Bonchev–Trinajstić information content (AvgIpc) is 2.59. The molecule has 2 aromatic carbocycles. The molecule has 2 rings (SSSR count). The molecule has 0 bridgehead atoms. The van der Waals surface area contributed by atoms with E-state index in [0.717, 1.165) is 5.56 Å². The van der Waals surface area contributed by atoms with Crippen molar-refractivity contribution in [1.29, 1.82) is 0 Å². The maximum atomic E-state index is 12.1. The van der Waals surface area contributed by atoms with E-state index in [2.05, 4.69) is 16.2 Å². The van der Waals surface area contributed by atoms with Gasteiger partial charge >= 0.3 is 0 Å². The molecule has 3 amide bonds. The van der Waals surface area contributed by atoms with E-state index >= 15 is 0 Å². The Hall–Kier alpha value is -2.86. The lowest BCUT2D eigenvalue weighted by molar-refractivity contribution is -0.123. The van der Waals surface area contributed by atoms with Gasteiger partial charge < -0.3 is 5.32 Å². The first-order valence-electron chi connectivity index (χ1n) is 7.60. The van der Waals surface area contributed by atoms with E-state index < -0.39 is 17.9 Å². The van der Waals surface area contributed by atoms with Crippen LogP contribution in [0, 0.1) is 6.92 Å². The Bertz CT molecular complexity index is 808. The second-order valence-corrected chi connectivity index (χ2v) is 5.90. The van der Waals surface area contributed by atoms with Crippen LogP contribution in [0.4, 0.5) is 0 Å². The Balaban J connectivity index is 1.89. The molecule has 2 aromatic rings. The lowest BCUT2D eigenvalue weighted by Crippen LogP contribution is -2.51. The normalized spacial score (nSPS) is 11.3. The van der Waals surface area contributed by atoms with Crippen LogP contribution in [0.15, 0.2) is 48.5 Å². The van der Waals surface area contributed by atoms with Crippen LogP contribution in [0.5, 0.6) is 0 Å². The van der Waals surface area contributed by atoms with Gasteiger partial charge in [-0.25, -0.2) is 0 Å². The van der Waals surface area contributed by atoms with E-state index in [1.807, 2.05) is 13.0 Å². The minimum atomic E-state index is -0.834. The van der Waals surface area contributed by atoms with Crippen molar-refractivity contribution in [2.45, 2.75) is 19.9 Å². The molecule has 0 spiro atoms. The molecule has 25 heavy (non-hydrogen) atoms. The molecule has 0 aromatic heterocycles. The second kappa shape index (κ2) is 8.30. The van der Waals surface area contributed by atoms with Crippen LogP contribution in [0.3, 0.4) is 0 Å². The van der Waals surface area contributed by atoms with Gasteiger partial charge in [0.15, 0.2) is 0 Å². The van der Waals surface area contributed by atoms with Crippen LogP contribution in [0.2, 0.25) is 5.02 Å². The first-order valence-corrected chi connectivity index (χ1v) is 7.98. The molecule has 0 heterocycles. The van der Waals surface area contributed by atoms with Crippen LogP contribution < -0.4 is 16.2 Å². The van der Waals surface area contributed by atoms with Gasteiger partial charge in [-0.3, -0.25) is 25.2 Å². The Labute approximate surface area is 150 Å². The summed E-state index contributed by atoms with van der Waals surface area (Å²) in [6, 6.07) is 12.6. The maximum absolute atomic E-state index is 12.1. The number of nitrogens with one attached hydrogen (secondary N) is 3. The summed E-state index contributed by atoms with van der Waals surface area (Å²) in [5.74, 6) is -1.47. The molecule has 0 fully saturated rings. The summed E-state index contributed by atoms with van der Waals surface area (Å²) in [4.78, 5) is 36.1. The Morgan fingerprint density at radius 1 is 0.960 bits per heavy atom. The number of rotatable bonds is 4. The number of hydrogen-bond acceptors (Lipinski definition) is 3. The predicted octanol–water partition coefficient (Wildman–Crippen LogP) is 2.23. The first-order chi connectivity index (χ1) is 11.9. The summed E-state index contributed by atoms with van der Waals surface area (Å²) in [7, 11) is 0. The number of halogens is 1. The zero-order valence-electron chi connectivity index (χ0n) is 13.8. The topological polar surface area (TPSA) is 87.3 Å². The third kappa shape index (κ3) is 5.06. The van der Waals surface area contributed by atoms with Crippen molar-refractivity contribution in [3.63, 3.8) is 0 Å². The summed E-state index contributed by atoms with van der Waals surface area (Å²) < 4.78 is 0. The van der Waals surface area contributed by atoms with Crippen LogP contribution in [0.1, 0.15) is 33.2 Å². The molecule has 0 aliphatic rings. The number of hydrogen-bond donors (Lipinski definition) is 3. The van der Waals surface area contributed by atoms with Gasteiger partial charge in [0.25, 0.3) is 17.7 Å². The van der Waals surface area contributed by atoms with Gasteiger partial charge in [0, 0.05) is 5.56 Å². The van der Waals surface area contributed by atoms with Crippen molar-refractivity contribution < 1.29 is 14.4 Å². The number of aryl methyl sites for hydroxylation is 1. The molecule has 130 valence electrons. The zero-order chi connectivity index (χ0) is 18.4. The summed E-state index contributed by atoms with van der Waals surface area (Å²) >= 11 is 5.92. The predicted molar refractivity (Wildman–Crippen MR) is 95.2 cm³/mol. The third-order valence-corrected chi connectivity index (χ3v) is 3.77. The smallest absolute Gasteiger partial charge is 0.271 e. The molecule has 0 aliphatic heterocycles. The Morgan fingerprint density at radius 3 is 2.36 bits per heavy atom. The third-order valence-electron chi connectivity index (χ3n) is 3.44. The van der Waals surface area contributed by atoms with E-state index in [1.165, 1.54) is 13.0 Å². The van der Waals surface area contributed by atoms with Crippen molar-refractivity contribution >= 4 is 29.3 Å². The monoisotopic (exact) mass is 359 g/mol. The van der Waals surface area contributed by atoms with Crippen molar-refractivity contribution in [3.05, 3.63) is 70.2 Å². The minimum absolute atomic E-state index is 0.237. The van der Waals surface area contributed by atoms with Gasteiger partial charge in [0.05, 0.1) is 10.6 Å². The van der Waals surface area contributed by atoms with E-state index in [-0.39, 0.29) is 16.5 Å². The molecule has 0 saturated heterocycles. The summed E-state index contributed by atoms with van der Waals surface area (Å²) in [5.41, 5.74) is 6.17. The standard InChI is InChI=1S/C18H18ClN3O3/c1-11-6-5-7-13(10-11)17(24)20-12(2)16(23)21-22-18(25)14-8-3-4-9-15(14)19/h3-10,12H,1-2H3,(H,20,24)(H,21,23)(H,22,25)/t12-/m0/s1. The summed E-state index contributed by atoms with van der Waals surface area (Å²) in [5, 5.41) is 2.84. The fraction of sp³-hybridized carbons (Fsp3) is 0.167. The number of amides is 3. The lowest BCUT2D eigenvalue weighted by Gasteiger charge is -2.15. The molecule has 1 atom stereocenters. The molecule has 3 N–H and O–H groups in total. The van der Waals surface area contributed by atoms with Crippen LogP contribution in [-0.2, 0) is 4.79 Å². The van der Waals surface area contributed by atoms with E-state index in [0.29, 0.717) is 5.56 Å². The fourth-order valence-corrected chi connectivity index (χ4v) is 2.29. The first kappa shape index (κ1) is 18.5. The minimum Gasteiger partial charge on any atom is -0.340 e. The molecule has 0 radical (unpaired) electrons. The molecule has 6 nitrogen and oxygen atoms in total. The Morgan fingerprint density at radius 2 is 1.68 bits per heavy atom. The number of hydrazine groups is 1. The highest BCUT2D eigenvalue weighted by atomic mass is 35.5. The molecule has 0 saturated carbocycles. The number of benzene rings is 2. The van der Waals surface area contributed by atoms with Crippen molar-refractivity contribution in [2.24, 2.45) is 0 Å². The SMILES string of the molecule is Cc1cccc(C(=O)N[C@@H](C)C(=O)NNC(=O)c2ccccc2Cl)c1. The van der Waals surface area contributed by atoms with Crippen LogP contribution in [-0.4, -0.2) is 23.8 Å². The zero-order valence-corrected chi connectivity index (χ0v) is 14.6. The summed E-state index contributed by atoms with van der Waals surface area (Å²) in [6.07, 6.45) is 0. The quantitative estimate of drug-likeness (QED) is 0.731. The van der Waals surface area contributed by atoms with Gasteiger partial charge in [-0.2, -0.15) is 0 Å². The second-order valence-electron chi connectivity index (χ2n) is 5.49. The van der Waals surface area contributed by atoms with E-state index in [9.17, 15) is 14.4 Å². The molecule has 0 unspecified atom stereocenters. The van der Waals surface area contributed by atoms with Gasteiger partial charge in [0.1, 0.15) is 6.04 Å². The van der Waals surface area contributed by atoms with Gasteiger partial charge in [-0.15, -0.1) is 0 Å². The van der Waals surface area contributed by atoms with Gasteiger partial charge in [-0.1, -0.05) is 41.4 Å². The largest absolute Gasteiger partial charge is 0.340 e. The van der Waals surface area contributed by atoms with Crippen molar-refractivity contribution in [3.8, 4) is 0 Å². The van der Waals surface area contributed by atoms with Crippen LogP contribution in [0.25, 0.3) is 0 Å². The maximum Gasteiger partial charge on any atom is 0.271 e. The van der Waals surface area contributed by atoms with Gasteiger partial charge in [-0.05, 0) is 38.1 Å². The molecular formula is C18H18ClN3O3. The van der Waals surface area contributed by atoms with Crippen molar-refractivity contribution in [1.82, 2.24) is 16.2 Å². The van der Waals surface area contributed by atoms with E-state index in [4.69, 9.17) is 11.6 Å². The fourth-order valence-electron chi connectivity index (χ4n) is 2.07. The lowest BCUT2D eigenvalue weighted by atomic mass is 10.1. The summed E-state index contributed by atoms with van der Waals surface area (Å²) in [6.45, 7) is 3.39. The molecule has 7 heteroatoms. The number of carbonyl (C=O) groups excluding carboxylic acids is 3. The highest BCUT2D eigenvalue weighted by Crippen LogP contribution is 2.14. The van der Waals surface area contributed by atoms with Crippen LogP contribution >= 0.6 is 11.6 Å². The Kier molecular flexibility index (Phi) is 6.14. The number of carbonyl (C=O) groups is 3. The molecular weight excluding hydrogens is 342 g/mol. The highest BCUT2D eigenvalue weighted by Gasteiger charge is 2.18.